The predicted octanol–water partition coefficient (Wildman–Crippen LogP) is 3.30. The van der Waals surface area contributed by atoms with E-state index in [0.717, 1.165) is 38.5 Å². The van der Waals surface area contributed by atoms with Gasteiger partial charge in [-0.2, -0.15) is 0 Å². The molecule has 1 saturated heterocycles. The monoisotopic (exact) mass is 283 g/mol. The average Bonchev–Trinajstić information content (AvgIpc) is 2.47. The van der Waals surface area contributed by atoms with Crippen LogP contribution < -0.4 is 0 Å². The van der Waals surface area contributed by atoms with E-state index in [0.29, 0.717) is 18.9 Å². The second-order valence-electron chi connectivity index (χ2n) is 5.93. The molecule has 20 heavy (non-hydrogen) atoms. The molecule has 0 aromatic carbocycles. The zero-order valence-electron chi connectivity index (χ0n) is 13.1. The van der Waals surface area contributed by atoms with Crippen LogP contribution in [-0.2, 0) is 9.59 Å². The van der Waals surface area contributed by atoms with Crippen molar-refractivity contribution in [1.29, 1.82) is 0 Å². The van der Waals surface area contributed by atoms with Crippen molar-refractivity contribution in [3.05, 3.63) is 0 Å². The Bertz CT molecular complexity index is 330. The third-order valence-electron chi connectivity index (χ3n) is 4.60. The molecular formula is C16H29NO3. The highest BCUT2D eigenvalue weighted by molar-refractivity contribution is 5.85. The summed E-state index contributed by atoms with van der Waals surface area (Å²) in [6.45, 7) is 6.84. The van der Waals surface area contributed by atoms with Crippen LogP contribution in [0.2, 0.25) is 0 Å². The minimum Gasteiger partial charge on any atom is -0.480 e. The zero-order chi connectivity index (χ0) is 15.1. The fourth-order valence-electron chi connectivity index (χ4n) is 3.09. The number of hydrogen-bond donors (Lipinski definition) is 1. The van der Waals surface area contributed by atoms with Gasteiger partial charge in [0.25, 0.3) is 0 Å². The summed E-state index contributed by atoms with van der Waals surface area (Å²) < 4.78 is 0. The molecule has 0 bridgehead atoms. The second-order valence-corrected chi connectivity index (χ2v) is 5.93. The SMILES string of the molecule is CCCCC(CC)C(=O)N1CCC(CC)CC1C(=O)O. The molecule has 3 unspecified atom stereocenters. The molecule has 1 aliphatic rings. The summed E-state index contributed by atoms with van der Waals surface area (Å²) in [6.07, 6.45) is 6.35. The molecule has 0 aromatic rings. The van der Waals surface area contributed by atoms with E-state index in [2.05, 4.69) is 13.8 Å². The average molecular weight is 283 g/mol. The predicted molar refractivity (Wildman–Crippen MR) is 79.5 cm³/mol. The number of aliphatic carboxylic acids is 1. The first-order chi connectivity index (χ1) is 9.54. The van der Waals surface area contributed by atoms with Crippen molar-refractivity contribution < 1.29 is 14.7 Å². The van der Waals surface area contributed by atoms with Gasteiger partial charge in [0.1, 0.15) is 6.04 Å². The molecule has 1 heterocycles. The van der Waals surface area contributed by atoms with Gasteiger partial charge >= 0.3 is 5.97 Å². The highest BCUT2D eigenvalue weighted by Crippen LogP contribution is 2.28. The minimum absolute atomic E-state index is 0.00465. The zero-order valence-corrected chi connectivity index (χ0v) is 13.1. The first-order valence-electron chi connectivity index (χ1n) is 8.08. The molecule has 116 valence electrons. The molecule has 0 spiro atoms. The first-order valence-corrected chi connectivity index (χ1v) is 8.08. The molecule has 3 atom stereocenters. The Hall–Kier alpha value is -1.06. The van der Waals surface area contributed by atoms with Gasteiger partial charge < -0.3 is 10.0 Å². The van der Waals surface area contributed by atoms with Gasteiger partial charge in [-0.25, -0.2) is 4.79 Å². The van der Waals surface area contributed by atoms with E-state index in [1.807, 2.05) is 6.92 Å². The maximum atomic E-state index is 12.6. The molecule has 1 amide bonds. The third-order valence-corrected chi connectivity index (χ3v) is 4.60. The number of piperidine rings is 1. The van der Waals surface area contributed by atoms with Gasteiger partial charge in [0.2, 0.25) is 5.91 Å². The summed E-state index contributed by atoms with van der Waals surface area (Å²) in [5, 5.41) is 9.41. The molecule has 1 fully saturated rings. The van der Waals surface area contributed by atoms with Crippen LogP contribution in [0.3, 0.4) is 0 Å². The standard InChI is InChI=1S/C16H29NO3/c1-4-7-8-13(6-3)15(18)17-10-9-12(5-2)11-14(17)16(19)20/h12-14H,4-11H2,1-3H3,(H,19,20). The van der Waals surface area contributed by atoms with Gasteiger partial charge in [0.15, 0.2) is 0 Å². The number of carboxylic acid groups (broad SMARTS) is 1. The lowest BCUT2D eigenvalue weighted by molar-refractivity contribution is -0.155. The lowest BCUT2D eigenvalue weighted by Crippen LogP contribution is -2.51. The van der Waals surface area contributed by atoms with Crippen molar-refractivity contribution in [3.8, 4) is 0 Å². The van der Waals surface area contributed by atoms with Crippen LogP contribution in [-0.4, -0.2) is 34.5 Å². The van der Waals surface area contributed by atoms with Gasteiger partial charge in [0.05, 0.1) is 0 Å². The van der Waals surface area contributed by atoms with E-state index in [4.69, 9.17) is 0 Å². The second kappa shape index (κ2) is 8.28. The Labute approximate surface area is 122 Å². The van der Waals surface area contributed by atoms with Crippen LogP contribution in [0.4, 0.5) is 0 Å². The van der Waals surface area contributed by atoms with Crippen molar-refractivity contribution >= 4 is 11.9 Å². The summed E-state index contributed by atoms with van der Waals surface area (Å²) >= 11 is 0. The van der Waals surface area contributed by atoms with Crippen molar-refractivity contribution in [1.82, 2.24) is 4.90 Å². The summed E-state index contributed by atoms with van der Waals surface area (Å²) in [5.41, 5.74) is 0. The van der Waals surface area contributed by atoms with E-state index in [1.165, 1.54) is 0 Å². The Balaban J connectivity index is 2.75. The number of amides is 1. The minimum atomic E-state index is -0.846. The van der Waals surface area contributed by atoms with Gasteiger partial charge in [-0.3, -0.25) is 4.79 Å². The largest absolute Gasteiger partial charge is 0.480 e. The van der Waals surface area contributed by atoms with Crippen molar-refractivity contribution in [2.24, 2.45) is 11.8 Å². The fraction of sp³-hybridized carbons (Fsp3) is 0.875. The lowest BCUT2D eigenvalue weighted by Gasteiger charge is -2.38. The van der Waals surface area contributed by atoms with Gasteiger partial charge in [-0.1, -0.05) is 40.0 Å². The van der Waals surface area contributed by atoms with Crippen molar-refractivity contribution in [3.63, 3.8) is 0 Å². The van der Waals surface area contributed by atoms with Crippen LogP contribution >= 0.6 is 0 Å². The third kappa shape index (κ3) is 4.22. The van der Waals surface area contributed by atoms with Gasteiger partial charge in [-0.05, 0) is 31.6 Å². The molecular weight excluding hydrogens is 254 g/mol. The number of hydrogen-bond acceptors (Lipinski definition) is 2. The molecule has 0 radical (unpaired) electrons. The van der Waals surface area contributed by atoms with E-state index in [-0.39, 0.29) is 11.8 Å². The molecule has 0 aromatic heterocycles. The summed E-state index contributed by atoms with van der Waals surface area (Å²) in [5.74, 6) is -0.351. The highest BCUT2D eigenvalue weighted by Gasteiger charge is 2.37. The molecule has 1 rings (SSSR count). The molecule has 0 aliphatic carbocycles. The number of rotatable bonds is 7. The van der Waals surface area contributed by atoms with E-state index >= 15 is 0 Å². The van der Waals surface area contributed by atoms with Crippen LogP contribution in [0, 0.1) is 11.8 Å². The number of carboxylic acids is 1. The smallest absolute Gasteiger partial charge is 0.326 e. The van der Waals surface area contributed by atoms with Crippen molar-refractivity contribution in [2.75, 3.05) is 6.54 Å². The van der Waals surface area contributed by atoms with Crippen LogP contribution in [0.1, 0.15) is 65.7 Å². The normalized spacial score (nSPS) is 24.4. The number of carbonyl (C=O) groups excluding carboxylic acids is 1. The Morgan fingerprint density at radius 1 is 1.30 bits per heavy atom. The summed E-state index contributed by atoms with van der Waals surface area (Å²) in [4.78, 5) is 25.7. The molecule has 0 saturated carbocycles. The number of carbonyl (C=O) groups is 2. The van der Waals surface area contributed by atoms with E-state index in [9.17, 15) is 14.7 Å². The van der Waals surface area contributed by atoms with Gasteiger partial charge in [-0.15, -0.1) is 0 Å². The summed E-state index contributed by atoms with van der Waals surface area (Å²) in [6, 6.07) is -0.614. The Morgan fingerprint density at radius 2 is 2.00 bits per heavy atom. The van der Waals surface area contributed by atoms with Crippen LogP contribution in [0.15, 0.2) is 0 Å². The van der Waals surface area contributed by atoms with E-state index in [1.54, 1.807) is 4.90 Å². The maximum absolute atomic E-state index is 12.6. The van der Waals surface area contributed by atoms with Crippen LogP contribution in [0.25, 0.3) is 0 Å². The molecule has 1 aliphatic heterocycles. The van der Waals surface area contributed by atoms with Gasteiger partial charge in [0, 0.05) is 12.5 Å². The quantitative estimate of drug-likeness (QED) is 0.780. The Kier molecular flexibility index (Phi) is 7.03. The number of nitrogens with zero attached hydrogens (tertiary/aromatic N) is 1. The number of likely N-dealkylation sites (tertiary alicyclic amines) is 1. The summed E-state index contributed by atoms with van der Waals surface area (Å²) in [7, 11) is 0. The number of unbranched alkanes of at least 4 members (excludes halogenated alkanes) is 1. The van der Waals surface area contributed by atoms with Crippen molar-refractivity contribution in [2.45, 2.75) is 71.8 Å². The fourth-order valence-corrected chi connectivity index (χ4v) is 3.09. The highest BCUT2D eigenvalue weighted by atomic mass is 16.4. The van der Waals surface area contributed by atoms with Crippen LogP contribution in [0.5, 0.6) is 0 Å². The molecule has 4 heteroatoms. The van der Waals surface area contributed by atoms with E-state index < -0.39 is 12.0 Å². The topological polar surface area (TPSA) is 57.6 Å². The molecule has 1 N–H and O–H groups in total. The first kappa shape index (κ1) is 17.0. The maximum Gasteiger partial charge on any atom is 0.326 e. The lowest BCUT2D eigenvalue weighted by atomic mass is 9.87. The molecule has 4 nitrogen and oxygen atoms in total. The Morgan fingerprint density at radius 3 is 2.50 bits per heavy atom.